The van der Waals surface area contributed by atoms with E-state index in [1.807, 2.05) is 32.0 Å². The van der Waals surface area contributed by atoms with E-state index in [-0.39, 0.29) is 23.4 Å². The van der Waals surface area contributed by atoms with Gasteiger partial charge in [-0.25, -0.2) is 13.2 Å². The van der Waals surface area contributed by atoms with Gasteiger partial charge < -0.3 is 14.7 Å². The highest BCUT2D eigenvalue weighted by Gasteiger charge is 2.49. The first-order chi connectivity index (χ1) is 12.1. The molecule has 1 aromatic carbocycles. The van der Waals surface area contributed by atoms with Gasteiger partial charge in [0, 0.05) is 32.7 Å². The van der Waals surface area contributed by atoms with Crippen molar-refractivity contribution in [3.8, 4) is 0 Å². The summed E-state index contributed by atoms with van der Waals surface area (Å²) in [7, 11) is 0.00111. The summed E-state index contributed by atoms with van der Waals surface area (Å²) in [6.45, 7) is 4.53. The van der Waals surface area contributed by atoms with Crippen LogP contribution in [0.25, 0.3) is 0 Å². The molecule has 0 unspecified atom stereocenters. The van der Waals surface area contributed by atoms with Crippen molar-refractivity contribution in [2.45, 2.75) is 25.9 Å². The summed E-state index contributed by atoms with van der Waals surface area (Å²) in [5, 5.41) is 0. The van der Waals surface area contributed by atoms with E-state index < -0.39 is 21.9 Å². The minimum atomic E-state index is -3.29. The fourth-order valence-corrected chi connectivity index (χ4v) is 5.94. The van der Waals surface area contributed by atoms with Gasteiger partial charge in [-0.1, -0.05) is 17.2 Å². The molecule has 3 amide bonds. The lowest BCUT2D eigenvalue weighted by Gasteiger charge is -2.44. The molecular weight excluding hydrogens is 354 g/mol. The average molecular weight is 379 g/mol. The molecule has 142 valence electrons. The smallest absolute Gasteiger partial charge is 0.319 e. The van der Waals surface area contributed by atoms with Gasteiger partial charge in [0.1, 0.15) is 0 Å². The molecule has 0 bridgehead atoms. The summed E-state index contributed by atoms with van der Waals surface area (Å²) in [6, 6.07) is 4.45. The summed E-state index contributed by atoms with van der Waals surface area (Å²) in [6.07, 6.45) is 0. The van der Waals surface area contributed by atoms with E-state index in [0.29, 0.717) is 18.7 Å². The first-order valence-corrected chi connectivity index (χ1v) is 10.5. The second-order valence-corrected chi connectivity index (χ2v) is 9.61. The van der Waals surface area contributed by atoms with Crippen LogP contribution in [-0.2, 0) is 9.84 Å². The van der Waals surface area contributed by atoms with Crippen molar-refractivity contribution >= 4 is 21.8 Å². The highest BCUT2D eigenvalue weighted by Crippen LogP contribution is 2.29. The lowest BCUT2D eigenvalue weighted by Crippen LogP contribution is -2.63. The molecule has 26 heavy (non-hydrogen) atoms. The van der Waals surface area contributed by atoms with E-state index in [1.165, 1.54) is 4.90 Å². The number of rotatable bonds is 1. The van der Waals surface area contributed by atoms with Gasteiger partial charge in [-0.15, -0.1) is 0 Å². The van der Waals surface area contributed by atoms with Crippen LogP contribution < -0.4 is 0 Å². The molecule has 2 fully saturated rings. The summed E-state index contributed by atoms with van der Waals surface area (Å²) < 4.78 is 24.5. The first kappa shape index (κ1) is 18.7. The van der Waals surface area contributed by atoms with Crippen LogP contribution in [0.3, 0.4) is 0 Å². The van der Waals surface area contributed by atoms with Crippen molar-refractivity contribution in [3.05, 3.63) is 34.9 Å². The van der Waals surface area contributed by atoms with Crippen molar-refractivity contribution in [1.29, 1.82) is 0 Å². The molecule has 0 aromatic heterocycles. The standard InChI is InChI=1S/C18H25N3O4S/c1-12-7-13(2)9-14(8-12)17(22)20-5-6-21(18(23)19(3)4)16-11-26(24,25)10-15(16)20/h7-9,15-16H,5-6,10-11H2,1-4H3/t15-,16+/m1/s1. The number of aryl methyl sites for hydroxylation is 2. The predicted octanol–water partition coefficient (Wildman–Crippen LogP) is 0.908. The van der Waals surface area contributed by atoms with E-state index in [0.717, 1.165) is 11.1 Å². The second-order valence-electron chi connectivity index (χ2n) is 7.46. The first-order valence-electron chi connectivity index (χ1n) is 8.66. The van der Waals surface area contributed by atoms with Gasteiger partial charge in [0.25, 0.3) is 5.91 Å². The number of hydrogen-bond donors (Lipinski definition) is 0. The lowest BCUT2D eigenvalue weighted by molar-refractivity contribution is 0.0393. The molecule has 8 heteroatoms. The molecule has 2 aliphatic rings. The van der Waals surface area contributed by atoms with Crippen LogP contribution in [0, 0.1) is 13.8 Å². The minimum Gasteiger partial charge on any atom is -0.331 e. The quantitative estimate of drug-likeness (QED) is 0.727. The van der Waals surface area contributed by atoms with Gasteiger partial charge in [0.05, 0.1) is 23.6 Å². The monoisotopic (exact) mass is 379 g/mol. The number of carbonyl (C=O) groups is 2. The molecule has 0 saturated carbocycles. The van der Waals surface area contributed by atoms with Gasteiger partial charge in [-0.2, -0.15) is 0 Å². The van der Waals surface area contributed by atoms with E-state index in [4.69, 9.17) is 0 Å². The van der Waals surface area contributed by atoms with E-state index in [9.17, 15) is 18.0 Å². The van der Waals surface area contributed by atoms with Gasteiger partial charge in [0.2, 0.25) is 0 Å². The Bertz CT molecular complexity index is 830. The summed E-state index contributed by atoms with van der Waals surface area (Å²) in [5.41, 5.74) is 2.55. The van der Waals surface area contributed by atoms with Crippen LogP contribution in [0.4, 0.5) is 4.79 Å². The fourth-order valence-electron chi connectivity index (χ4n) is 3.96. The number of benzene rings is 1. The number of fused-ring (bicyclic) bond motifs is 1. The molecular formula is C18H25N3O4S. The van der Waals surface area contributed by atoms with Gasteiger partial charge in [0.15, 0.2) is 9.84 Å². The Labute approximate surface area is 154 Å². The van der Waals surface area contributed by atoms with E-state index in [2.05, 4.69) is 0 Å². The topological polar surface area (TPSA) is 78.0 Å². The molecule has 0 N–H and O–H groups in total. The normalized spacial score (nSPS) is 24.3. The minimum absolute atomic E-state index is 0.0894. The van der Waals surface area contributed by atoms with Crippen LogP contribution >= 0.6 is 0 Å². The van der Waals surface area contributed by atoms with Gasteiger partial charge in [-0.05, 0) is 26.0 Å². The SMILES string of the molecule is Cc1cc(C)cc(C(=O)N2CCN(C(=O)N(C)C)[C@H]3CS(=O)(=O)C[C@H]32)c1. The average Bonchev–Trinajstić information content (AvgIpc) is 2.86. The van der Waals surface area contributed by atoms with Crippen molar-refractivity contribution in [2.75, 3.05) is 38.7 Å². The highest BCUT2D eigenvalue weighted by molar-refractivity contribution is 7.91. The highest BCUT2D eigenvalue weighted by atomic mass is 32.2. The number of hydrogen-bond acceptors (Lipinski definition) is 4. The van der Waals surface area contributed by atoms with Crippen LogP contribution in [0.15, 0.2) is 18.2 Å². The van der Waals surface area contributed by atoms with Gasteiger partial charge in [-0.3, -0.25) is 4.79 Å². The number of piperazine rings is 1. The molecule has 2 saturated heterocycles. The number of sulfone groups is 1. The number of urea groups is 1. The van der Waals surface area contributed by atoms with Crippen LogP contribution in [0.5, 0.6) is 0 Å². The maximum atomic E-state index is 13.1. The summed E-state index contributed by atoms with van der Waals surface area (Å²) >= 11 is 0. The van der Waals surface area contributed by atoms with E-state index in [1.54, 1.807) is 23.9 Å². The van der Waals surface area contributed by atoms with Crippen molar-refractivity contribution in [1.82, 2.24) is 14.7 Å². The third kappa shape index (κ3) is 3.42. The zero-order chi connectivity index (χ0) is 19.2. The summed E-state index contributed by atoms with van der Waals surface area (Å²) in [5.74, 6) is -0.347. The Morgan fingerprint density at radius 1 is 0.962 bits per heavy atom. The Kier molecular flexibility index (Phi) is 4.72. The molecule has 1 aromatic rings. The van der Waals surface area contributed by atoms with E-state index >= 15 is 0 Å². The third-order valence-electron chi connectivity index (χ3n) is 5.03. The number of carbonyl (C=O) groups excluding carboxylic acids is 2. The van der Waals surface area contributed by atoms with Crippen molar-refractivity contribution < 1.29 is 18.0 Å². The Morgan fingerprint density at radius 2 is 1.46 bits per heavy atom. The van der Waals surface area contributed by atoms with Gasteiger partial charge >= 0.3 is 6.03 Å². The second kappa shape index (κ2) is 6.57. The maximum Gasteiger partial charge on any atom is 0.319 e. The molecule has 3 rings (SSSR count). The predicted molar refractivity (Wildman–Crippen MR) is 99.0 cm³/mol. The summed E-state index contributed by atoms with van der Waals surface area (Å²) in [4.78, 5) is 30.2. The Hall–Kier alpha value is -2.09. The molecule has 0 aliphatic carbocycles. The third-order valence-corrected chi connectivity index (χ3v) is 6.73. The Balaban J connectivity index is 1.93. The van der Waals surface area contributed by atoms with Crippen LogP contribution in [0.1, 0.15) is 21.5 Å². The molecule has 0 radical (unpaired) electrons. The zero-order valence-electron chi connectivity index (χ0n) is 15.6. The van der Waals surface area contributed by atoms with Crippen molar-refractivity contribution in [2.24, 2.45) is 0 Å². The molecule has 2 aliphatic heterocycles. The largest absolute Gasteiger partial charge is 0.331 e. The van der Waals surface area contributed by atoms with Crippen LogP contribution in [-0.4, -0.2) is 85.8 Å². The fraction of sp³-hybridized carbons (Fsp3) is 0.556. The molecule has 2 heterocycles. The molecule has 2 atom stereocenters. The maximum absolute atomic E-state index is 13.1. The Morgan fingerprint density at radius 3 is 2.00 bits per heavy atom. The number of nitrogens with zero attached hydrogens (tertiary/aromatic N) is 3. The van der Waals surface area contributed by atoms with Crippen molar-refractivity contribution in [3.63, 3.8) is 0 Å². The number of amides is 3. The molecule has 7 nitrogen and oxygen atoms in total. The van der Waals surface area contributed by atoms with Crippen LogP contribution in [0.2, 0.25) is 0 Å². The molecule has 0 spiro atoms. The zero-order valence-corrected chi connectivity index (χ0v) is 16.4. The lowest BCUT2D eigenvalue weighted by atomic mass is 10.0.